The van der Waals surface area contributed by atoms with Crippen LogP contribution in [0.4, 0.5) is 0 Å². The third kappa shape index (κ3) is 0.469. The van der Waals surface area contributed by atoms with Gasteiger partial charge >= 0.3 is 0 Å². The van der Waals surface area contributed by atoms with Crippen LogP contribution >= 0.6 is 0 Å². The average molecular weight is 100 g/mol. The molecule has 2 atom stereocenters. The van der Waals surface area contributed by atoms with Gasteiger partial charge in [-0.2, -0.15) is 0 Å². The summed E-state index contributed by atoms with van der Waals surface area (Å²) in [7, 11) is 0. The summed E-state index contributed by atoms with van der Waals surface area (Å²) in [5.41, 5.74) is 11.3. The minimum atomic E-state index is 0.222. The summed E-state index contributed by atoms with van der Waals surface area (Å²) >= 11 is 0. The highest BCUT2D eigenvalue weighted by Gasteiger charge is 2.52. The van der Waals surface area contributed by atoms with Gasteiger partial charge in [0.05, 0.1) is 0 Å². The van der Waals surface area contributed by atoms with E-state index in [9.17, 15) is 0 Å². The summed E-state index contributed by atoms with van der Waals surface area (Å²) in [5.74, 6) is 0. The molecule has 1 saturated carbocycles. The average Bonchev–Trinajstić information content (AvgIpc) is 1.91. The van der Waals surface area contributed by atoms with Gasteiger partial charge in [0.25, 0.3) is 0 Å². The second-order valence-corrected chi connectivity index (χ2v) is 2.87. The second kappa shape index (κ2) is 1.01. The third-order valence-electron chi connectivity index (χ3n) is 2.00. The van der Waals surface area contributed by atoms with Gasteiger partial charge in [-0.15, -0.1) is 0 Å². The van der Waals surface area contributed by atoms with Gasteiger partial charge in [-0.25, -0.2) is 0 Å². The van der Waals surface area contributed by atoms with Crippen molar-refractivity contribution in [2.75, 3.05) is 0 Å². The van der Waals surface area contributed by atoms with Crippen molar-refractivity contribution in [3.05, 3.63) is 0 Å². The first kappa shape index (κ1) is 5.06. The Labute approximate surface area is 43.9 Å². The van der Waals surface area contributed by atoms with Crippen LogP contribution in [0.15, 0.2) is 0 Å². The van der Waals surface area contributed by atoms with E-state index >= 15 is 0 Å². The van der Waals surface area contributed by atoms with Gasteiger partial charge in [-0.05, 0) is 5.41 Å². The fourth-order valence-corrected chi connectivity index (χ4v) is 0.718. The maximum Gasteiger partial charge on any atom is 0.0265 e. The van der Waals surface area contributed by atoms with E-state index in [2.05, 4.69) is 13.8 Å². The number of hydrogen-bond donors (Lipinski definition) is 2. The minimum absolute atomic E-state index is 0.222. The van der Waals surface area contributed by atoms with Crippen LogP contribution < -0.4 is 11.5 Å². The summed E-state index contributed by atoms with van der Waals surface area (Å²) in [6.07, 6.45) is 0. The molecule has 42 valence electrons. The molecular weight excluding hydrogens is 88.1 g/mol. The molecule has 1 aliphatic carbocycles. The van der Waals surface area contributed by atoms with Crippen molar-refractivity contribution < 1.29 is 0 Å². The molecule has 1 aliphatic rings. The lowest BCUT2D eigenvalue weighted by atomic mass is 10.2. The zero-order valence-electron chi connectivity index (χ0n) is 4.81. The molecule has 0 bridgehead atoms. The Morgan fingerprint density at radius 1 is 1.14 bits per heavy atom. The lowest BCUT2D eigenvalue weighted by Gasteiger charge is -1.93. The highest BCUT2D eigenvalue weighted by Crippen LogP contribution is 2.41. The van der Waals surface area contributed by atoms with Gasteiger partial charge in [0.2, 0.25) is 0 Å². The molecule has 0 saturated heterocycles. The van der Waals surface area contributed by atoms with Gasteiger partial charge in [0.1, 0.15) is 0 Å². The van der Waals surface area contributed by atoms with Gasteiger partial charge < -0.3 is 11.5 Å². The van der Waals surface area contributed by atoms with Crippen LogP contribution in [0, 0.1) is 5.41 Å². The highest BCUT2D eigenvalue weighted by atomic mass is 15.0. The van der Waals surface area contributed by atoms with Gasteiger partial charge in [-0.3, -0.25) is 0 Å². The van der Waals surface area contributed by atoms with Crippen LogP contribution in [0.3, 0.4) is 0 Å². The summed E-state index contributed by atoms with van der Waals surface area (Å²) in [4.78, 5) is 0. The fourth-order valence-electron chi connectivity index (χ4n) is 0.718. The number of nitrogens with two attached hydrogens (primary N) is 2. The lowest BCUT2D eigenvalue weighted by molar-refractivity contribution is 0.597. The van der Waals surface area contributed by atoms with E-state index in [1.54, 1.807) is 0 Å². The van der Waals surface area contributed by atoms with E-state index in [1.807, 2.05) is 0 Å². The van der Waals surface area contributed by atoms with E-state index < -0.39 is 0 Å². The molecule has 0 aliphatic heterocycles. The topological polar surface area (TPSA) is 52.0 Å². The predicted molar refractivity (Wildman–Crippen MR) is 29.7 cm³/mol. The zero-order valence-corrected chi connectivity index (χ0v) is 4.81. The Hall–Kier alpha value is -0.0800. The molecule has 0 aromatic carbocycles. The fraction of sp³-hybridized carbons (Fsp3) is 1.00. The summed E-state index contributed by atoms with van der Waals surface area (Å²) in [6.45, 7) is 4.17. The van der Waals surface area contributed by atoms with E-state index in [-0.39, 0.29) is 17.5 Å². The lowest BCUT2D eigenvalue weighted by Crippen LogP contribution is -2.12. The first-order chi connectivity index (χ1) is 3.07. The van der Waals surface area contributed by atoms with E-state index in [0.717, 1.165) is 0 Å². The van der Waals surface area contributed by atoms with E-state index in [4.69, 9.17) is 11.5 Å². The number of hydrogen-bond acceptors (Lipinski definition) is 2. The first-order valence-electron chi connectivity index (χ1n) is 2.58. The van der Waals surface area contributed by atoms with Crippen molar-refractivity contribution in [2.45, 2.75) is 25.9 Å². The molecule has 4 N–H and O–H groups in total. The third-order valence-corrected chi connectivity index (χ3v) is 2.00. The Bertz CT molecular complexity index is 78.1. The Kier molecular flexibility index (Phi) is 0.730. The van der Waals surface area contributed by atoms with Gasteiger partial charge in [0.15, 0.2) is 0 Å². The van der Waals surface area contributed by atoms with Crippen molar-refractivity contribution in [3.63, 3.8) is 0 Å². The van der Waals surface area contributed by atoms with E-state index in [1.165, 1.54) is 0 Å². The maximum absolute atomic E-state index is 5.52. The van der Waals surface area contributed by atoms with Crippen molar-refractivity contribution >= 4 is 0 Å². The largest absolute Gasteiger partial charge is 0.326 e. The van der Waals surface area contributed by atoms with Crippen LogP contribution in [-0.4, -0.2) is 12.1 Å². The van der Waals surface area contributed by atoms with Crippen molar-refractivity contribution in [1.29, 1.82) is 0 Å². The van der Waals surface area contributed by atoms with E-state index in [0.29, 0.717) is 0 Å². The Morgan fingerprint density at radius 2 is 1.29 bits per heavy atom. The smallest absolute Gasteiger partial charge is 0.0265 e. The van der Waals surface area contributed by atoms with Crippen LogP contribution in [0.1, 0.15) is 13.8 Å². The molecule has 0 amide bonds. The number of rotatable bonds is 0. The monoisotopic (exact) mass is 100 g/mol. The molecule has 0 aromatic rings. The quantitative estimate of drug-likeness (QED) is 0.438. The molecular formula is C5H12N2. The molecule has 2 nitrogen and oxygen atoms in total. The molecule has 1 rings (SSSR count). The highest BCUT2D eigenvalue weighted by molar-refractivity contribution is 5.12. The summed E-state index contributed by atoms with van der Waals surface area (Å²) in [6, 6.07) is 0.486. The van der Waals surface area contributed by atoms with Crippen molar-refractivity contribution in [2.24, 2.45) is 16.9 Å². The molecule has 7 heavy (non-hydrogen) atoms. The van der Waals surface area contributed by atoms with Gasteiger partial charge in [-0.1, -0.05) is 13.8 Å². The molecule has 0 spiro atoms. The molecule has 1 fully saturated rings. The molecule has 0 aromatic heterocycles. The maximum atomic E-state index is 5.52. The summed E-state index contributed by atoms with van der Waals surface area (Å²) in [5, 5.41) is 0. The standard InChI is InChI=1S/C5H12N2/c1-5(2)3(6)4(5)7/h3-4H,6-7H2,1-2H3/t3-,4-/m1/s1. The van der Waals surface area contributed by atoms with Crippen LogP contribution in [0.2, 0.25) is 0 Å². The molecule has 2 heteroatoms. The van der Waals surface area contributed by atoms with Crippen molar-refractivity contribution in [1.82, 2.24) is 0 Å². The molecule has 0 heterocycles. The second-order valence-electron chi connectivity index (χ2n) is 2.87. The summed E-state index contributed by atoms with van der Waals surface area (Å²) < 4.78 is 0. The first-order valence-corrected chi connectivity index (χ1v) is 2.58. The van der Waals surface area contributed by atoms with Crippen molar-refractivity contribution in [3.8, 4) is 0 Å². The normalized spacial score (nSPS) is 46.3. The van der Waals surface area contributed by atoms with Crippen LogP contribution in [0.5, 0.6) is 0 Å². The van der Waals surface area contributed by atoms with Gasteiger partial charge in [0, 0.05) is 12.1 Å². The minimum Gasteiger partial charge on any atom is -0.326 e. The Morgan fingerprint density at radius 3 is 1.29 bits per heavy atom. The van der Waals surface area contributed by atoms with Crippen LogP contribution in [0.25, 0.3) is 0 Å². The zero-order chi connectivity index (χ0) is 5.65. The Balaban J connectivity index is 2.52. The molecule has 0 unspecified atom stereocenters. The predicted octanol–water partition coefficient (Wildman–Crippen LogP) is -0.319. The SMILES string of the molecule is CC1(C)[C@H](N)[C@H]1N. The van der Waals surface area contributed by atoms with Crippen LogP contribution in [-0.2, 0) is 0 Å². The molecule has 0 radical (unpaired) electrons.